The summed E-state index contributed by atoms with van der Waals surface area (Å²) >= 11 is 0. The molecule has 3 heteroatoms. The molecule has 0 radical (unpaired) electrons. The molecular weight excluding hydrogens is 212 g/mol. The van der Waals surface area contributed by atoms with Crippen LogP contribution in [0.1, 0.15) is 32.4 Å². The topological polar surface area (TPSA) is 45.0 Å². The highest BCUT2D eigenvalue weighted by Gasteiger charge is 2.10. The summed E-state index contributed by atoms with van der Waals surface area (Å²) in [7, 11) is 0. The molecule has 0 aliphatic rings. The zero-order chi connectivity index (χ0) is 12.7. The van der Waals surface area contributed by atoms with E-state index in [1.165, 1.54) is 0 Å². The quantitative estimate of drug-likeness (QED) is 0.820. The number of nitriles is 1. The standard InChI is InChI=1S/C14H20N2O/c1-4-17-13-7-5-6-12(8-13)14(9-15)16-10-11(2)3/h5-8,11,14,16H,4,10H2,1-3H3. The molecule has 1 aromatic rings. The van der Waals surface area contributed by atoms with Crippen molar-refractivity contribution in [3.8, 4) is 11.8 Å². The SMILES string of the molecule is CCOc1cccc(C(C#N)NCC(C)C)c1. The van der Waals surface area contributed by atoms with Crippen LogP contribution >= 0.6 is 0 Å². The predicted molar refractivity (Wildman–Crippen MR) is 68.8 cm³/mol. The Morgan fingerprint density at radius 2 is 2.18 bits per heavy atom. The lowest BCUT2D eigenvalue weighted by molar-refractivity contribution is 0.339. The van der Waals surface area contributed by atoms with Crippen molar-refractivity contribution >= 4 is 0 Å². The van der Waals surface area contributed by atoms with E-state index in [2.05, 4.69) is 25.2 Å². The lowest BCUT2D eigenvalue weighted by Crippen LogP contribution is -2.24. The Kier molecular flexibility index (Phi) is 5.51. The summed E-state index contributed by atoms with van der Waals surface area (Å²) in [6.07, 6.45) is 0. The first-order valence-corrected chi connectivity index (χ1v) is 6.03. The summed E-state index contributed by atoms with van der Waals surface area (Å²) in [5, 5.41) is 12.4. The molecule has 1 atom stereocenters. The molecule has 92 valence electrons. The summed E-state index contributed by atoms with van der Waals surface area (Å²) in [5.41, 5.74) is 0.958. The van der Waals surface area contributed by atoms with Crippen LogP contribution in [0.5, 0.6) is 5.75 Å². The van der Waals surface area contributed by atoms with E-state index in [9.17, 15) is 0 Å². The third-order valence-corrected chi connectivity index (χ3v) is 2.36. The number of ether oxygens (including phenoxy) is 1. The first-order chi connectivity index (χ1) is 8.17. The number of nitrogens with one attached hydrogen (secondary N) is 1. The van der Waals surface area contributed by atoms with Crippen LogP contribution in [0.4, 0.5) is 0 Å². The zero-order valence-corrected chi connectivity index (χ0v) is 10.7. The third-order valence-electron chi connectivity index (χ3n) is 2.36. The summed E-state index contributed by atoms with van der Waals surface area (Å²) in [6.45, 7) is 7.67. The van der Waals surface area contributed by atoms with Crippen molar-refractivity contribution in [3.05, 3.63) is 29.8 Å². The van der Waals surface area contributed by atoms with Crippen molar-refractivity contribution in [3.63, 3.8) is 0 Å². The molecule has 1 rings (SSSR count). The second-order valence-electron chi connectivity index (χ2n) is 4.37. The van der Waals surface area contributed by atoms with E-state index < -0.39 is 0 Å². The van der Waals surface area contributed by atoms with Gasteiger partial charge in [-0.15, -0.1) is 0 Å². The highest BCUT2D eigenvalue weighted by Crippen LogP contribution is 2.19. The Bertz CT molecular complexity index is 382. The van der Waals surface area contributed by atoms with Crippen LogP contribution in [-0.4, -0.2) is 13.2 Å². The minimum absolute atomic E-state index is 0.266. The molecule has 0 aliphatic carbocycles. The molecule has 1 aromatic carbocycles. The number of hydrogen-bond acceptors (Lipinski definition) is 3. The Morgan fingerprint density at radius 3 is 2.76 bits per heavy atom. The van der Waals surface area contributed by atoms with E-state index in [0.717, 1.165) is 17.9 Å². The smallest absolute Gasteiger partial charge is 0.121 e. The molecule has 0 fully saturated rings. The molecule has 0 amide bonds. The van der Waals surface area contributed by atoms with Crippen LogP contribution in [0.2, 0.25) is 0 Å². The molecule has 0 heterocycles. The van der Waals surface area contributed by atoms with Gasteiger partial charge in [0, 0.05) is 0 Å². The third kappa shape index (κ3) is 4.46. The monoisotopic (exact) mass is 232 g/mol. The van der Waals surface area contributed by atoms with Crippen LogP contribution in [0.3, 0.4) is 0 Å². The van der Waals surface area contributed by atoms with Crippen LogP contribution in [0.15, 0.2) is 24.3 Å². The van der Waals surface area contributed by atoms with Gasteiger partial charge in [0.1, 0.15) is 11.8 Å². The fraction of sp³-hybridized carbons (Fsp3) is 0.500. The van der Waals surface area contributed by atoms with E-state index >= 15 is 0 Å². The first-order valence-electron chi connectivity index (χ1n) is 6.03. The zero-order valence-electron chi connectivity index (χ0n) is 10.7. The summed E-state index contributed by atoms with van der Waals surface area (Å²) in [6, 6.07) is 9.70. The minimum atomic E-state index is -0.266. The molecule has 0 aromatic heterocycles. The van der Waals surface area contributed by atoms with Gasteiger partial charge in [-0.25, -0.2) is 0 Å². The van der Waals surface area contributed by atoms with Crippen molar-refractivity contribution in [1.29, 1.82) is 5.26 Å². The van der Waals surface area contributed by atoms with E-state index in [-0.39, 0.29) is 6.04 Å². The average Bonchev–Trinajstić information content (AvgIpc) is 2.30. The van der Waals surface area contributed by atoms with E-state index in [0.29, 0.717) is 12.5 Å². The van der Waals surface area contributed by atoms with Crippen molar-refractivity contribution in [1.82, 2.24) is 5.32 Å². The predicted octanol–water partition coefficient (Wildman–Crippen LogP) is 2.90. The Morgan fingerprint density at radius 1 is 1.41 bits per heavy atom. The molecule has 0 saturated carbocycles. The van der Waals surface area contributed by atoms with Crippen LogP contribution in [-0.2, 0) is 0 Å². The maximum Gasteiger partial charge on any atom is 0.121 e. The highest BCUT2D eigenvalue weighted by molar-refractivity contribution is 5.33. The molecule has 1 unspecified atom stereocenters. The normalized spacial score (nSPS) is 12.2. The van der Waals surface area contributed by atoms with Crippen LogP contribution in [0.25, 0.3) is 0 Å². The molecule has 0 spiro atoms. The van der Waals surface area contributed by atoms with E-state index in [1.807, 2.05) is 31.2 Å². The number of benzene rings is 1. The van der Waals surface area contributed by atoms with E-state index in [4.69, 9.17) is 10.00 Å². The maximum absolute atomic E-state index is 9.16. The molecule has 0 bridgehead atoms. The van der Waals surface area contributed by atoms with Gasteiger partial charge in [0.25, 0.3) is 0 Å². The second-order valence-corrected chi connectivity index (χ2v) is 4.37. The van der Waals surface area contributed by atoms with Crippen molar-refractivity contribution in [2.75, 3.05) is 13.2 Å². The first kappa shape index (κ1) is 13.5. The summed E-state index contributed by atoms with van der Waals surface area (Å²) in [4.78, 5) is 0. The summed E-state index contributed by atoms with van der Waals surface area (Å²) < 4.78 is 5.43. The Balaban J connectivity index is 2.74. The molecule has 0 saturated heterocycles. The molecule has 1 N–H and O–H groups in total. The van der Waals surface area contributed by atoms with Gasteiger partial charge < -0.3 is 4.74 Å². The fourth-order valence-electron chi connectivity index (χ4n) is 1.54. The van der Waals surface area contributed by atoms with Crippen molar-refractivity contribution < 1.29 is 4.74 Å². The van der Waals surface area contributed by atoms with Gasteiger partial charge in [-0.1, -0.05) is 26.0 Å². The average molecular weight is 232 g/mol. The summed E-state index contributed by atoms with van der Waals surface area (Å²) in [5.74, 6) is 1.34. The van der Waals surface area contributed by atoms with Gasteiger partial charge in [-0.05, 0) is 37.1 Å². The number of hydrogen-bond donors (Lipinski definition) is 1. The largest absolute Gasteiger partial charge is 0.494 e. The molecule has 0 aliphatic heterocycles. The number of rotatable bonds is 6. The lowest BCUT2D eigenvalue weighted by atomic mass is 10.1. The second kappa shape index (κ2) is 6.93. The minimum Gasteiger partial charge on any atom is -0.494 e. The Hall–Kier alpha value is -1.53. The van der Waals surface area contributed by atoms with Gasteiger partial charge in [0.15, 0.2) is 0 Å². The molecular formula is C14H20N2O. The number of nitrogens with zero attached hydrogens (tertiary/aromatic N) is 1. The van der Waals surface area contributed by atoms with Gasteiger partial charge in [-0.2, -0.15) is 5.26 Å². The van der Waals surface area contributed by atoms with Crippen LogP contribution < -0.4 is 10.1 Å². The van der Waals surface area contributed by atoms with Gasteiger partial charge in [0.2, 0.25) is 0 Å². The van der Waals surface area contributed by atoms with Gasteiger partial charge in [-0.3, -0.25) is 5.32 Å². The molecule has 17 heavy (non-hydrogen) atoms. The Labute approximate surface area is 103 Å². The lowest BCUT2D eigenvalue weighted by Gasteiger charge is -2.14. The van der Waals surface area contributed by atoms with Crippen LogP contribution in [0, 0.1) is 17.2 Å². The van der Waals surface area contributed by atoms with Crippen molar-refractivity contribution in [2.24, 2.45) is 5.92 Å². The fourth-order valence-corrected chi connectivity index (χ4v) is 1.54. The van der Waals surface area contributed by atoms with Crippen molar-refractivity contribution in [2.45, 2.75) is 26.8 Å². The van der Waals surface area contributed by atoms with E-state index in [1.54, 1.807) is 0 Å². The molecule has 3 nitrogen and oxygen atoms in total. The maximum atomic E-state index is 9.16. The van der Waals surface area contributed by atoms with Gasteiger partial charge >= 0.3 is 0 Å². The highest BCUT2D eigenvalue weighted by atomic mass is 16.5. The van der Waals surface area contributed by atoms with Gasteiger partial charge in [0.05, 0.1) is 12.7 Å².